The average Bonchev–Trinajstić information content (AvgIpc) is 3.06. The number of ketones is 3. The summed E-state index contributed by atoms with van der Waals surface area (Å²) in [7, 11) is 2.77. The third-order valence-electron chi connectivity index (χ3n) is 10.1. The van der Waals surface area contributed by atoms with Crippen LogP contribution in [0.2, 0.25) is 0 Å². The van der Waals surface area contributed by atoms with Gasteiger partial charge in [0.25, 0.3) is 0 Å². The molecule has 47 heavy (non-hydrogen) atoms. The predicted octanol–water partition coefficient (Wildman–Crippen LogP) is 0.941. The van der Waals surface area contributed by atoms with Gasteiger partial charge in [-0.05, 0) is 18.9 Å². The number of benzene rings is 2. The maximum Gasteiger partial charge on any atom is 0.202 e. The number of morpholine rings is 1. The molecule has 0 saturated carbocycles. The Morgan fingerprint density at radius 2 is 1.81 bits per heavy atom. The van der Waals surface area contributed by atoms with Crippen LogP contribution in [-0.2, 0) is 30.2 Å². The number of nitrogens with zero attached hydrogens (tertiary/aromatic N) is 1. The molecule has 0 aromatic heterocycles. The molecule has 0 bridgehead atoms. The fourth-order valence-corrected chi connectivity index (χ4v) is 7.45. The summed E-state index contributed by atoms with van der Waals surface area (Å²) in [6, 6.07) is 4.11. The Bertz CT molecular complexity index is 1610. The van der Waals surface area contributed by atoms with Gasteiger partial charge < -0.3 is 49.2 Å². The van der Waals surface area contributed by atoms with Crippen molar-refractivity contribution in [2.24, 2.45) is 5.92 Å². The SMILES string of the molecule is COc1cccc2c1C(=O)c1c(O)c3c(c(O)c1C2=O)C[C@@](O)(C(=O)CO)C[C@@H]3O[C@H]1C[C@H](N2CCO[C@H](OC)[C@H]2O)[C@H](C)[C@H](C)O1. The Morgan fingerprint density at radius 1 is 1.09 bits per heavy atom. The molecule has 2 saturated heterocycles. The number of hydrogen-bond donors (Lipinski definition) is 5. The predicted molar refractivity (Wildman–Crippen MR) is 160 cm³/mol. The lowest BCUT2D eigenvalue weighted by atomic mass is 9.72. The first-order chi connectivity index (χ1) is 22.4. The van der Waals surface area contributed by atoms with Crippen molar-refractivity contribution >= 4 is 17.3 Å². The third kappa shape index (κ3) is 5.33. The van der Waals surface area contributed by atoms with Crippen LogP contribution in [0.5, 0.6) is 17.2 Å². The van der Waals surface area contributed by atoms with E-state index in [-0.39, 0.29) is 46.4 Å². The monoisotopic (exact) mass is 657 g/mol. The van der Waals surface area contributed by atoms with E-state index >= 15 is 0 Å². The number of methoxy groups -OCH3 is 2. The normalized spacial score (nSPS) is 32.4. The minimum absolute atomic E-state index is 0.0485. The molecule has 14 heteroatoms. The van der Waals surface area contributed by atoms with Crippen molar-refractivity contribution in [3.8, 4) is 17.2 Å². The molecule has 2 heterocycles. The van der Waals surface area contributed by atoms with E-state index in [1.165, 1.54) is 32.4 Å². The number of rotatable bonds is 7. The average molecular weight is 658 g/mol. The Kier molecular flexibility index (Phi) is 8.91. The molecule has 8 atom stereocenters. The first kappa shape index (κ1) is 33.4. The zero-order valence-electron chi connectivity index (χ0n) is 26.5. The largest absolute Gasteiger partial charge is 0.507 e. The number of ether oxygens (including phenoxy) is 5. The van der Waals surface area contributed by atoms with Gasteiger partial charge in [-0.2, -0.15) is 0 Å². The van der Waals surface area contributed by atoms with Crippen molar-refractivity contribution < 1.29 is 63.6 Å². The minimum atomic E-state index is -2.26. The minimum Gasteiger partial charge on any atom is -0.507 e. The number of carbonyl (C=O) groups is 3. The lowest BCUT2D eigenvalue weighted by Gasteiger charge is -2.49. The van der Waals surface area contributed by atoms with Crippen molar-refractivity contribution in [2.45, 2.75) is 75.8 Å². The van der Waals surface area contributed by atoms with Crippen molar-refractivity contribution in [1.29, 1.82) is 0 Å². The highest BCUT2D eigenvalue weighted by molar-refractivity contribution is 6.31. The smallest absolute Gasteiger partial charge is 0.202 e. The molecular formula is C33H39NO13. The van der Waals surface area contributed by atoms with Crippen LogP contribution in [0.25, 0.3) is 0 Å². The van der Waals surface area contributed by atoms with E-state index in [0.29, 0.717) is 13.2 Å². The van der Waals surface area contributed by atoms with Gasteiger partial charge in [-0.3, -0.25) is 19.3 Å². The van der Waals surface area contributed by atoms with Crippen molar-refractivity contribution in [2.75, 3.05) is 34.0 Å². The molecule has 2 aliphatic carbocycles. The number of carbonyl (C=O) groups excluding carboxylic acids is 3. The van der Waals surface area contributed by atoms with Gasteiger partial charge in [0.15, 0.2) is 30.4 Å². The Morgan fingerprint density at radius 3 is 2.49 bits per heavy atom. The zero-order chi connectivity index (χ0) is 33.9. The number of phenolic OH excluding ortho intramolecular Hbond substituents is 2. The van der Waals surface area contributed by atoms with Gasteiger partial charge in [-0.15, -0.1) is 0 Å². The number of fused-ring (bicyclic) bond motifs is 3. The summed E-state index contributed by atoms with van der Waals surface area (Å²) in [4.78, 5) is 42.3. The topological polar surface area (TPSA) is 202 Å². The summed E-state index contributed by atoms with van der Waals surface area (Å²) in [6.07, 6.45) is -5.53. The summed E-state index contributed by atoms with van der Waals surface area (Å²) in [5.74, 6) is -3.81. The van der Waals surface area contributed by atoms with Gasteiger partial charge in [0.1, 0.15) is 29.5 Å². The second-order valence-corrected chi connectivity index (χ2v) is 12.6. The van der Waals surface area contributed by atoms with E-state index in [0.717, 1.165) is 0 Å². The molecule has 0 radical (unpaired) electrons. The molecule has 0 amide bonds. The number of hydrogen-bond acceptors (Lipinski definition) is 14. The van der Waals surface area contributed by atoms with E-state index in [1.807, 2.05) is 18.7 Å². The van der Waals surface area contributed by atoms with E-state index in [9.17, 15) is 39.9 Å². The molecule has 2 aromatic carbocycles. The van der Waals surface area contributed by atoms with Gasteiger partial charge in [-0.1, -0.05) is 19.1 Å². The third-order valence-corrected chi connectivity index (χ3v) is 10.1. The summed E-state index contributed by atoms with van der Waals surface area (Å²) >= 11 is 0. The number of Topliss-reactive ketones (excluding diaryl/α,β-unsaturated/α-hetero) is 1. The number of aliphatic hydroxyl groups excluding tert-OH is 2. The molecule has 14 nitrogen and oxygen atoms in total. The van der Waals surface area contributed by atoms with Crippen LogP contribution in [0.1, 0.15) is 75.8 Å². The summed E-state index contributed by atoms with van der Waals surface area (Å²) in [5, 5.41) is 55.6. The summed E-state index contributed by atoms with van der Waals surface area (Å²) < 4.78 is 28.7. The van der Waals surface area contributed by atoms with Gasteiger partial charge in [0, 0.05) is 55.6 Å². The number of aromatic hydroxyl groups is 2. The lowest BCUT2D eigenvalue weighted by Crippen LogP contribution is -2.61. The highest BCUT2D eigenvalue weighted by atomic mass is 16.7. The molecule has 6 rings (SSSR count). The highest BCUT2D eigenvalue weighted by Gasteiger charge is 2.51. The summed E-state index contributed by atoms with van der Waals surface area (Å²) in [6.45, 7) is 3.49. The highest BCUT2D eigenvalue weighted by Crippen LogP contribution is 2.52. The molecule has 2 aromatic rings. The van der Waals surface area contributed by atoms with Crippen molar-refractivity contribution in [3.05, 3.63) is 51.6 Å². The molecule has 4 aliphatic rings. The van der Waals surface area contributed by atoms with Gasteiger partial charge in [0.05, 0.1) is 42.6 Å². The first-order valence-corrected chi connectivity index (χ1v) is 15.5. The molecule has 0 spiro atoms. The maximum absolute atomic E-state index is 13.9. The van der Waals surface area contributed by atoms with Crippen LogP contribution in [0.15, 0.2) is 18.2 Å². The fraction of sp³-hybridized carbons (Fsp3) is 0.545. The maximum atomic E-state index is 13.9. The van der Waals surface area contributed by atoms with Crippen LogP contribution in [0.3, 0.4) is 0 Å². The molecule has 2 aliphatic heterocycles. The first-order valence-electron chi connectivity index (χ1n) is 15.5. The van der Waals surface area contributed by atoms with Crippen LogP contribution < -0.4 is 4.74 Å². The van der Waals surface area contributed by atoms with Crippen molar-refractivity contribution in [3.63, 3.8) is 0 Å². The lowest BCUT2D eigenvalue weighted by molar-refractivity contribution is -0.289. The van der Waals surface area contributed by atoms with Crippen LogP contribution in [-0.4, -0.2) is 118 Å². The number of aliphatic hydroxyl groups is 3. The molecule has 2 fully saturated rings. The van der Waals surface area contributed by atoms with Crippen LogP contribution >= 0.6 is 0 Å². The van der Waals surface area contributed by atoms with Crippen molar-refractivity contribution in [1.82, 2.24) is 4.90 Å². The molecule has 5 N–H and O–H groups in total. The van der Waals surface area contributed by atoms with E-state index in [1.54, 1.807) is 0 Å². The Balaban J connectivity index is 1.43. The van der Waals surface area contributed by atoms with Gasteiger partial charge in [-0.25, -0.2) is 0 Å². The van der Waals surface area contributed by atoms with Gasteiger partial charge in [0.2, 0.25) is 5.78 Å². The second kappa shape index (κ2) is 12.5. The van der Waals surface area contributed by atoms with E-state index in [4.69, 9.17) is 23.7 Å². The molecule has 0 unspecified atom stereocenters. The van der Waals surface area contributed by atoms with Crippen LogP contribution in [0.4, 0.5) is 0 Å². The van der Waals surface area contributed by atoms with Gasteiger partial charge >= 0.3 is 0 Å². The number of phenols is 2. The quantitative estimate of drug-likeness (QED) is 0.225. The molecular weight excluding hydrogens is 618 g/mol. The van der Waals surface area contributed by atoms with Crippen LogP contribution in [0, 0.1) is 5.92 Å². The fourth-order valence-electron chi connectivity index (χ4n) is 7.45. The second-order valence-electron chi connectivity index (χ2n) is 12.6. The Hall–Kier alpha value is -3.47. The van der Waals surface area contributed by atoms with E-state index < -0.39 is 96.0 Å². The molecule has 254 valence electrons. The summed E-state index contributed by atoms with van der Waals surface area (Å²) in [5.41, 5.74) is -3.58. The van der Waals surface area contributed by atoms with E-state index in [2.05, 4.69) is 0 Å². The Labute approximate surface area is 270 Å². The standard InChI is InChI=1S/C33H39NO13/c1-14-15(2)46-22(10-18(14)34-8-9-45-32(44-4)31(34)41)47-20-12-33(42,21(36)13-35)11-17-24(20)30(40)26-25(28(17)38)27(37)16-6-5-7-19(43-3)23(16)29(26)39/h5-7,14-15,18,20,22,31-32,35,38,40-42H,8-13H2,1-4H3/t14-,15+,18+,20+,22+,31-,32+,33+/m1/s1. The zero-order valence-corrected chi connectivity index (χ0v) is 26.5.